The van der Waals surface area contributed by atoms with Crippen LogP contribution >= 0.6 is 0 Å². The smallest absolute Gasteiger partial charge is 0.229 e. The molecule has 7 heteroatoms. The topological polar surface area (TPSA) is 80.4 Å². The zero-order valence-electron chi connectivity index (χ0n) is 17.8. The third-order valence-electron chi connectivity index (χ3n) is 8.12. The number of fused-ring (bicyclic) bond motifs is 1. The fourth-order valence-electron chi connectivity index (χ4n) is 7.29. The molecule has 0 radical (unpaired) electrons. The number of amides is 2. The van der Waals surface area contributed by atoms with Crippen LogP contribution in [0.4, 0.5) is 0 Å². The number of nitrogens with zero attached hydrogens (tertiary/aromatic N) is 3. The Kier molecular flexibility index (Phi) is 4.47. The molecule has 4 fully saturated rings. The predicted octanol–water partition coefficient (Wildman–Crippen LogP) is 3.28. The monoisotopic (exact) mass is 422 g/mol. The summed E-state index contributed by atoms with van der Waals surface area (Å²) in [7, 11) is 0. The summed E-state index contributed by atoms with van der Waals surface area (Å²) in [5, 5.41) is 7.40. The lowest BCUT2D eigenvalue weighted by Gasteiger charge is -2.57. The van der Waals surface area contributed by atoms with Crippen LogP contribution in [0.5, 0.6) is 0 Å². The van der Waals surface area contributed by atoms with Crippen molar-refractivity contribution in [1.29, 1.82) is 0 Å². The van der Waals surface area contributed by atoms with Crippen molar-refractivity contribution in [3.05, 3.63) is 42.1 Å². The van der Waals surface area contributed by atoms with Crippen LogP contribution in [-0.4, -0.2) is 33.0 Å². The molecule has 5 aliphatic rings. The van der Waals surface area contributed by atoms with Gasteiger partial charge in [0.15, 0.2) is 0 Å². The first-order valence-corrected chi connectivity index (χ1v) is 11.7. The average molecular weight is 423 g/mol. The van der Waals surface area contributed by atoms with Gasteiger partial charge in [0, 0.05) is 12.7 Å². The molecule has 7 nitrogen and oxygen atoms in total. The summed E-state index contributed by atoms with van der Waals surface area (Å²) in [6.07, 6.45) is 10.9. The van der Waals surface area contributed by atoms with Crippen LogP contribution in [0.1, 0.15) is 62.4 Å². The molecule has 1 atom stereocenters. The van der Waals surface area contributed by atoms with Gasteiger partial charge < -0.3 is 14.6 Å². The molecule has 3 heterocycles. The SMILES string of the molecule is O=C(C[C@@H]1CN(C(=O)C23CC4CC(CC(C4)C2)C3)Cc2ccnn21)NCc1ccco1. The molecule has 4 aliphatic carbocycles. The van der Waals surface area contributed by atoms with Crippen LogP contribution in [0.15, 0.2) is 35.1 Å². The average Bonchev–Trinajstić information content (AvgIpc) is 3.42. The molecular weight excluding hydrogens is 392 g/mol. The second-order valence-corrected chi connectivity index (χ2v) is 10.4. The zero-order chi connectivity index (χ0) is 21.0. The maximum absolute atomic E-state index is 13.9. The molecule has 0 saturated heterocycles. The third-order valence-corrected chi connectivity index (χ3v) is 8.12. The van der Waals surface area contributed by atoms with E-state index in [4.69, 9.17) is 4.42 Å². The van der Waals surface area contributed by atoms with Gasteiger partial charge in [-0.25, -0.2) is 0 Å². The van der Waals surface area contributed by atoms with E-state index < -0.39 is 0 Å². The second-order valence-electron chi connectivity index (χ2n) is 10.4. The van der Waals surface area contributed by atoms with Crippen molar-refractivity contribution in [2.24, 2.45) is 23.2 Å². The fourth-order valence-corrected chi connectivity index (χ4v) is 7.29. The van der Waals surface area contributed by atoms with E-state index in [1.807, 2.05) is 27.8 Å². The van der Waals surface area contributed by atoms with E-state index in [-0.39, 0.29) is 17.4 Å². The zero-order valence-corrected chi connectivity index (χ0v) is 17.8. The summed E-state index contributed by atoms with van der Waals surface area (Å²) in [5.74, 6) is 3.25. The van der Waals surface area contributed by atoms with Gasteiger partial charge in [0.2, 0.25) is 11.8 Å². The molecule has 4 saturated carbocycles. The summed E-state index contributed by atoms with van der Waals surface area (Å²) in [4.78, 5) is 28.6. The number of hydrogen-bond acceptors (Lipinski definition) is 4. The highest BCUT2D eigenvalue weighted by atomic mass is 16.3. The molecule has 2 aromatic heterocycles. The maximum atomic E-state index is 13.9. The summed E-state index contributed by atoms with van der Waals surface area (Å²) in [6.45, 7) is 1.54. The van der Waals surface area contributed by atoms with Gasteiger partial charge in [-0.05, 0) is 74.5 Å². The van der Waals surface area contributed by atoms with Crippen LogP contribution in [0, 0.1) is 23.2 Å². The van der Waals surface area contributed by atoms with E-state index in [0.717, 1.165) is 48.5 Å². The number of rotatable bonds is 5. The van der Waals surface area contributed by atoms with Gasteiger partial charge in [-0.3, -0.25) is 14.3 Å². The molecule has 2 amide bonds. The molecule has 31 heavy (non-hydrogen) atoms. The van der Waals surface area contributed by atoms with Crippen LogP contribution in [0.3, 0.4) is 0 Å². The molecule has 0 unspecified atom stereocenters. The Morgan fingerprint density at radius 3 is 2.55 bits per heavy atom. The fraction of sp³-hybridized carbons (Fsp3) is 0.625. The highest BCUT2D eigenvalue weighted by Crippen LogP contribution is 2.60. The van der Waals surface area contributed by atoms with E-state index >= 15 is 0 Å². The Morgan fingerprint density at radius 2 is 1.87 bits per heavy atom. The predicted molar refractivity (Wildman–Crippen MR) is 112 cm³/mol. The minimum atomic E-state index is -0.150. The summed E-state index contributed by atoms with van der Waals surface area (Å²) < 4.78 is 7.24. The molecule has 4 bridgehead atoms. The highest BCUT2D eigenvalue weighted by Gasteiger charge is 2.56. The minimum absolute atomic E-state index is 0.0491. The summed E-state index contributed by atoms with van der Waals surface area (Å²) >= 11 is 0. The Hall–Kier alpha value is -2.57. The number of hydrogen-bond donors (Lipinski definition) is 1. The standard InChI is InChI=1S/C24H30N4O3/c29-22(25-13-21-2-1-5-31-21)9-20-15-27(14-19-3-4-26-28(19)20)23(30)24-10-16-6-17(11-24)8-18(7-16)12-24/h1-5,16-18,20H,6-15H2,(H,25,29)/t16?,17?,18?,20-,24?/m1/s1. The van der Waals surface area contributed by atoms with Gasteiger partial charge in [0.1, 0.15) is 5.76 Å². The number of nitrogens with one attached hydrogen (secondary N) is 1. The van der Waals surface area contributed by atoms with E-state index in [9.17, 15) is 9.59 Å². The Labute approximate surface area is 182 Å². The van der Waals surface area contributed by atoms with Crippen molar-refractivity contribution in [3.63, 3.8) is 0 Å². The largest absolute Gasteiger partial charge is 0.467 e. The van der Waals surface area contributed by atoms with Crippen LogP contribution in [-0.2, 0) is 22.7 Å². The van der Waals surface area contributed by atoms with Crippen molar-refractivity contribution >= 4 is 11.8 Å². The van der Waals surface area contributed by atoms with E-state index in [2.05, 4.69) is 10.4 Å². The highest BCUT2D eigenvalue weighted by molar-refractivity contribution is 5.83. The molecule has 7 rings (SSSR count). The molecule has 0 spiro atoms. The number of aromatic nitrogens is 2. The molecule has 1 aliphatic heterocycles. The molecule has 2 aromatic rings. The molecule has 1 N–H and O–H groups in total. The first-order chi connectivity index (χ1) is 15.1. The Bertz CT molecular complexity index is 944. The minimum Gasteiger partial charge on any atom is -0.467 e. The first-order valence-electron chi connectivity index (χ1n) is 11.7. The Morgan fingerprint density at radius 1 is 1.13 bits per heavy atom. The van der Waals surface area contributed by atoms with Crippen LogP contribution in [0.25, 0.3) is 0 Å². The van der Waals surface area contributed by atoms with Crippen molar-refractivity contribution < 1.29 is 14.0 Å². The van der Waals surface area contributed by atoms with Gasteiger partial charge in [-0.1, -0.05) is 0 Å². The maximum Gasteiger partial charge on any atom is 0.229 e. The van der Waals surface area contributed by atoms with Gasteiger partial charge >= 0.3 is 0 Å². The van der Waals surface area contributed by atoms with E-state index in [1.54, 1.807) is 12.5 Å². The van der Waals surface area contributed by atoms with E-state index in [0.29, 0.717) is 32.0 Å². The summed E-state index contributed by atoms with van der Waals surface area (Å²) in [6, 6.07) is 5.51. The second kappa shape index (κ2) is 7.24. The number of carbonyl (C=O) groups is 2. The van der Waals surface area contributed by atoms with Crippen LogP contribution < -0.4 is 5.32 Å². The van der Waals surface area contributed by atoms with Crippen molar-refractivity contribution in [2.75, 3.05) is 6.54 Å². The first kappa shape index (κ1) is 19.1. The van der Waals surface area contributed by atoms with Gasteiger partial charge in [-0.15, -0.1) is 0 Å². The summed E-state index contributed by atoms with van der Waals surface area (Å²) in [5.41, 5.74) is 0.872. The molecule has 0 aromatic carbocycles. The normalized spacial score (nSPS) is 33.4. The lowest BCUT2D eigenvalue weighted by Crippen LogP contribution is -2.56. The van der Waals surface area contributed by atoms with Crippen molar-refractivity contribution in [3.8, 4) is 0 Å². The quantitative estimate of drug-likeness (QED) is 0.802. The van der Waals surface area contributed by atoms with Crippen molar-refractivity contribution in [2.45, 2.75) is 64.1 Å². The lowest BCUT2D eigenvalue weighted by atomic mass is 9.49. The Balaban J connectivity index is 1.17. The molecular formula is C24H30N4O3. The van der Waals surface area contributed by atoms with Crippen molar-refractivity contribution in [1.82, 2.24) is 20.0 Å². The van der Waals surface area contributed by atoms with Gasteiger partial charge in [0.25, 0.3) is 0 Å². The van der Waals surface area contributed by atoms with Gasteiger partial charge in [-0.2, -0.15) is 5.10 Å². The van der Waals surface area contributed by atoms with Gasteiger partial charge in [0.05, 0.1) is 42.9 Å². The van der Waals surface area contributed by atoms with E-state index in [1.165, 1.54) is 19.3 Å². The number of carbonyl (C=O) groups excluding carboxylic acids is 2. The third kappa shape index (κ3) is 3.38. The molecule has 164 valence electrons. The lowest BCUT2D eigenvalue weighted by molar-refractivity contribution is -0.160. The van der Waals surface area contributed by atoms with Crippen LogP contribution in [0.2, 0.25) is 0 Å². The number of furan rings is 1.